The zero-order valence-corrected chi connectivity index (χ0v) is 10.1. The Morgan fingerprint density at radius 1 is 1.29 bits per heavy atom. The molecule has 0 radical (unpaired) electrons. The maximum absolute atomic E-state index is 12.1. The highest BCUT2D eigenvalue weighted by molar-refractivity contribution is 6.02. The molecule has 1 rings (SSSR count). The molecule has 1 unspecified atom stereocenters. The number of hydrogen-bond donors (Lipinski definition) is 2. The summed E-state index contributed by atoms with van der Waals surface area (Å²) in [6.45, 7) is 3.07. The van der Waals surface area contributed by atoms with Crippen molar-refractivity contribution in [2.24, 2.45) is 11.1 Å². The summed E-state index contributed by atoms with van der Waals surface area (Å²) in [4.78, 5) is 35.7. The van der Waals surface area contributed by atoms with Crippen LogP contribution in [0.2, 0.25) is 0 Å². The van der Waals surface area contributed by atoms with Crippen LogP contribution in [0.3, 0.4) is 0 Å². The first-order valence-electron chi connectivity index (χ1n) is 5.62. The smallest absolute Gasteiger partial charge is 0.318 e. The van der Waals surface area contributed by atoms with E-state index in [9.17, 15) is 14.4 Å². The van der Waals surface area contributed by atoms with Crippen LogP contribution in [0.15, 0.2) is 0 Å². The molecule has 96 valence electrons. The van der Waals surface area contributed by atoms with Crippen molar-refractivity contribution in [3.63, 3.8) is 0 Å². The van der Waals surface area contributed by atoms with Crippen molar-refractivity contribution in [3.05, 3.63) is 0 Å². The average molecular weight is 242 g/mol. The number of hydrogen-bond acceptors (Lipinski definition) is 3. The highest BCUT2D eigenvalue weighted by atomic mass is 16.4. The SMILES string of the molecule is CC(C)(C(=O)O)C(=O)N1CCCCC1C(N)=O. The number of carbonyl (C=O) groups excluding carboxylic acids is 2. The van der Waals surface area contributed by atoms with Gasteiger partial charge in [0.15, 0.2) is 0 Å². The molecule has 0 aromatic carbocycles. The molecule has 1 atom stereocenters. The van der Waals surface area contributed by atoms with Gasteiger partial charge in [0.1, 0.15) is 11.5 Å². The standard InChI is InChI=1S/C11H18N2O4/c1-11(2,10(16)17)9(15)13-6-4-3-5-7(13)8(12)14/h7H,3-6H2,1-2H3,(H2,12,14)(H,16,17). The van der Waals surface area contributed by atoms with E-state index >= 15 is 0 Å². The molecule has 0 saturated carbocycles. The first kappa shape index (κ1) is 13.5. The molecule has 1 aliphatic rings. The Bertz CT molecular complexity index is 351. The van der Waals surface area contributed by atoms with Crippen LogP contribution in [0.25, 0.3) is 0 Å². The van der Waals surface area contributed by atoms with E-state index in [2.05, 4.69) is 0 Å². The van der Waals surface area contributed by atoms with E-state index in [1.54, 1.807) is 0 Å². The Labute approximate surface area is 99.8 Å². The van der Waals surface area contributed by atoms with Crippen LogP contribution in [-0.4, -0.2) is 40.4 Å². The fraction of sp³-hybridized carbons (Fsp3) is 0.727. The van der Waals surface area contributed by atoms with Gasteiger partial charge in [-0.15, -0.1) is 0 Å². The van der Waals surface area contributed by atoms with Crippen LogP contribution in [0.1, 0.15) is 33.1 Å². The number of nitrogens with zero attached hydrogens (tertiary/aromatic N) is 1. The molecule has 0 aromatic heterocycles. The van der Waals surface area contributed by atoms with Crippen molar-refractivity contribution >= 4 is 17.8 Å². The van der Waals surface area contributed by atoms with Gasteiger partial charge in [0.05, 0.1) is 0 Å². The zero-order valence-electron chi connectivity index (χ0n) is 10.1. The van der Waals surface area contributed by atoms with Crippen molar-refractivity contribution < 1.29 is 19.5 Å². The molecule has 3 N–H and O–H groups in total. The third-order valence-electron chi connectivity index (χ3n) is 3.16. The number of carboxylic acid groups (broad SMARTS) is 1. The maximum Gasteiger partial charge on any atom is 0.318 e. The van der Waals surface area contributed by atoms with Gasteiger partial charge < -0.3 is 15.7 Å². The Hall–Kier alpha value is -1.59. The van der Waals surface area contributed by atoms with E-state index in [4.69, 9.17) is 10.8 Å². The second-order valence-corrected chi connectivity index (χ2v) is 4.84. The number of amides is 2. The van der Waals surface area contributed by atoms with Crippen molar-refractivity contribution in [1.29, 1.82) is 0 Å². The number of primary amides is 1. The van der Waals surface area contributed by atoms with Crippen molar-refractivity contribution in [2.75, 3.05) is 6.54 Å². The summed E-state index contributed by atoms with van der Waals surface area (Å²) < 4.78 is 0. The topological polar surface area (TPSA) is 101 Å². The van der Waals surface area contributed by atoms with Gasteiger partial charge in [0.25, 0.3) is 0 Å². The first-order valence-corrected chi connectivity index (χ1v) is 5.62. The van der Waals surface area contributed by atoms with Crippen LogP contribution in [0.4, 0.5) is 0 Å². The molecule has 1 heterocycles. The molecule has 6 heteroatoms. The Kier molecular flexibility index (Phi) is 3.75. The van der Waals surface area contributed by atoms with Gasteiger partial charge >= 0.3 is 5.97 Å². The first-order chi connectivity index (χ1) is 7.78. The molecule has 0 aromatic rings. The predicted molar refractivity (Wildman–Crippen MR) is 60.0 cm³/mol. The lowest BCUT2D eigenvalue weighted by Gasteiger charge is -2.37. The molecule has 1 saturated heterocycles. The van der Waals surface area contributed by atoms with Crippen LogP contribution in [0, 0.1) is 5.41 Å². The van der Waals surface area contributed by atoms with E-state index in [0.717, 1.165) is 12.8 Å². The normalized spacial score (nSPS) is 21.1. The minimum absolute atomic E-state index is 0.392. The predicted octanol–water partition coefficient (Wildman–Crippen LogP) is -0.0364. The molecule has 0 aliphatic carbocycles. The quantitative estimate of drug-likeness (QED) is 0.678. The minimum atomic E-state index is -1.52. The lowest BCUT2D eigenvalue weighted by molar-refractivity contribution is -0.161. The number of aliphatic carboxylic acids is 1. The summed E-state index contributed by atoms with van der Waals surface area (Å²) in [6, 6.07) is -0.671. The zero-order chi connectivity index (χ0) is 13.2. The molecule has 1 fully saturated rings. The Morgan fingerprint density at radius 2 is 1.88 bits per heavy atom. The van der Waals surface area contributed by atoms with Crippen LogP contribution in [-0.2, 0) is 14.4 Å². The highest BCUT2D eigenvalue weighted by Gasteiger charge is 2.43. The highest BCUT2D eigenvalue weighted by Crippen LogP contribution is 2.25. The molecule has 1 aliphatic heterocycles. The summed E-state index contributed by atoms with van der Waals surface area (Å²) in [5.74, 6) is -2.32. The summed E-state index contributed by atoms with van der Waals surface area (Å²) in [5, 5.41) is 9.00. The molecular weight excluding hydrogens is 224 g/mol. The molecule has 2 amide bonds. The molecular formula is C11H18N2O4. The van der Waals surface area contributed by atoms with Crippen LogP contribution in [0.5, 0.6) is 0 Å². The van der Waals surface area contributed by atoms with Crippen molar-refractivity contribution in [2.45, 2.75) is 39.2 Å². The molecule has 0 spiro atoms. The van der Waals surface area contributed by atoms with E-state index in [-0.39, 0.29) is 0 Å². The monoisotopic (exact) mass is 242 g/mol. The van der Waals surface area contributed by atoms with Gasteiger partial charge in [-0.3, -0.25) is 14.4 Å². The van der Waals surface area contributed by atoms with Crippen LogP contribution >= 0.6 is 0 Å². The number of likely N-dealkylation sites (tertiary alicyclic amines) is 1. The van der Waals surface area contributed by atoms with Gasteiger partial charge in [-0.2, -0.15) is 0 Å². The van der Waals surface area contributed by atoms with Gasteiger partial charge in [0.2, 0.25) is 11.8 Å². The van der Waals surface area contributed by atoms with Crippen molar-refractivity contribution in [3.8, 4) is 0 Å². The second-order valence-electron chi connectivity index (χ2n) is 4.84. The number of nitrogens with two attached hydrogens (primary N) is 1. The van der Waals surface area contributed by atoms with Crippen molar-refractivity contribution in [1.82, 2.24) is 4.90 Å². The number of carbonyl (C=O) groups is 3. The maximum atomic E-state index is 12.1. The van der Waals surface area contributed by atoms with E-state index < -0.39 is 29.2 Å². The van der Waals surface area contributed by atoms with Gasteiger partial charge in [0, 0.05) is 6.54 Å². The van der Waals surface area contributed by atoms with E-state index in [1.165, 1.54) is 18.7 Å². The number of carboxylic acids is 1. The van der Waals surface area contributed by atoms with Gasteiger partial charge in [-0.05, 0) is 33.1 Å². The van der Waals surface area contributed by atoms with E-state index in [0.29, 0.717) is 13.0 Å². The van der Waals surface area contributed by atoms with Gasteiger partial charge in [-0.1, -0.05) is 0 Å². The fourth-order valence-corrected chi connectivity index (χ4v) is 1.92. The Morgan fingerprint density at radius 3 is 2.35 bits per heavy atom. The summed E-state index contributed by atoms with van der Waals surface area (Å²) in [5.41, 5.74) is 3.71. The fourth-order valence-electron chi connectivity index (χ4n) is 1.92. The molecule has 0 bridgehead atoms. The lowest BCUT2D eigenvalue weighted by Crippen LogP contribution is -2.55. The van der Waals surface area contributed by atoms with Crippen LogP contribution < -0.4 is 5.73 Å². The summed E-state index contributed by atoms with van der Waals surface area (Å²) in [7, 11) is 0. The van der Waals surface area contributed by atoms with E-state index in [1.807, 2.05) is 0 Å². The number of rotatable bonds is 3. The third-order valence-corrected chi connectivity index (χ3v) is 3.16. The largest absolute Gasteiger partial charge is 0.480 e. The molecule has 17 heavy (non-hydrogen) atoms. The van der Waals surface area contributed by atoms with Gasteiger partial charge in [-0.25, -0.2) is 0 Å². The second kappa shape index (κ2) is 4.73. The number of piperidine rings is 1. The average Bonchev–Trinajstić information content (AvgIpc) is 2.27. The third kappa shape index (κ3) is 2.57. The Balaban J connectivity index is 2.93. The molecule has 6 nitrogen and oxygen atoms in total. The minimum Gasteiger partial charge on any atom is -0.480 e. The summed E-state index contributed by atoms with van der Waals surface area (Å²) >= 11 is 0. The lowest BCUT2D eigenvalue weighted by atomic mass is 9.89. The summed E-state index contributed by atoms with van der Waals surface area (Å²) in [6.07, 6.45) is 2.10.